The smallest absolute Gasteiger partial charge is 0.115 e. The lowest BCUT2D eigenvalue weighted by molar-refractivity contribution is 0.408. The van der Waals surface area contributed by atoms with Gasteiger partial charge < -0.3 is 10.6 Å². The van der Waals surface area contributed by atoms with Crippen molar-refractivity contribution in [2.45, 2.75) is 44.1 Å². The number of anilines is 1. The van der Waals surface area contributed by atoms with Crippen LogP contribution in [0.2, 0.25) is 0 Å². The Morgan fingerprint density at radius 1 is 1.18 bits per heavy atom. The molecular formula is C13H20N4. The number of nitrogens with zero attached hydrogens (tertiary/aromatic N) is 3. The van der Waals surface area contributed by atoms with Crippen LogP contribution in [-0.2, 0) is 0 Å². The molecule has 0 unspecified atom stereocenters. The van der Waals surface area contributed by atoms with E-state index in [1.807, 2.05) is 6.20 Å². The van der Waals surface area contributed by atoms with Gasteiger partial charge >= 0.3 is 0 Å². The molecule has 1 aromatic rings. The largest absolute Gasteiger partial charge is 0.369 e. The van der Waals surface area contributed by atoms with Crippen LogP contribution in [0.25, 0.3) is 0 Å². The summed E-state index contributed by atoms with van der Waals surface area (Å²) >= 11 is 0. The third-order valence-corrected chi connectivity index (χ3v) is 4.09. The van der Waals surface area contributed by atoms with Gasteiger partial charge in [-0.15, -0.1) is 0 Å². The van der Waals surface area contributed by atoms with Crippen molar-refractivity contribution in [3.05, 3.63) is 18.2 Å². The molecule has 2 aliphatic rings. The quantitative estimate of drug-likeness (QED) is 0.842. The van der Waals surface area contributed by atoms with Gasteiger partial charge in [-0.2, -0.15) is 0 Å². The minimum Gasteiger partial charge on any atom is -0.369 e. The first-order chi connectivity index (χ1) is 8.34. The van der Waals surface area contributed by atoms with Gasteiger partial charge in [0.1, 0.15) is 6.33 Å². The van der Waals surface area contributed by atoms with Gasteiger partial charge in [0, 0.05) is 25.0 Å². The Morgan fingerprint density at radius 3 is 2.59 bits per heavy atom. The van der Waals surface area contributed by atoms with Crippen LogP contribution < -0.4 is 10.6 Å². The molecule has 3 rings (SSSR count). The molecule has 4 heteroatoms. The second-order valence-corrected chi connectivity index (χ2v) is 5.25. The lowest BCUT2D eigenvalue weighted by atomic mass is 9.82. The molecule has 0 radical (unpaired) electrons. The first-order valence-corrected chi connectivity index (χ1v) is 6.65. The van der Waals surface area contributed by atoms with Crippen molar-refractivity contribution in [2.75, 3.05) is 18.0 Å². The van der Waals surface area contributed by atoms with Crippen molar-refractivity contribution in [1.29, 1.82) is 0 Å². The zero-order chi connectivity index (χ0) is 11.7. The highest BCUT2D eigenvalue weighted by atomic mass is 15.2. The van der Waals surface area contributed by atoms with Gasteiger partial charge in [0.15, 0.2) is 0 Å². The molecular weight excluding hydrogens is 212 g/mol. The molecule has 0 spiro atoms. The standard InChI is InChI=1S/C13H20N4/c14-11-4-6-17(7-5-11)12-8-15-9-16-13(12)10-2-1-3-10/h8-11H,1-7,14H2. The van der Waals surface area contributed by atoms with E-state index in [4.69, 9.17) is 5.73 Å². The van der Waals surface area contributed by atoms with E-state index in [2.05, 4.69) is 14.9 Å². The molecule has 0 amide bonds. The van der Waals surface area contributed by atoms with E-state index in [-0.39, 0.29) is 0 Å². The third kappa shape index (κ3) is 2.14. The Balaban J connectivity index is 1.81. The summed E-state index contributed by atoms with van der Waals surface area (Å²) in [5.74, 6) is 0.670. The van der Waals surface area contributed by atoms with Crippen molar-refractivity contribution in [2.24, 2.45) is 5.73 Å². The topological polar surface area (TPSA) is 55.0 Å². The van der Waals surface area contributed by atoms with Gasteiger partial charge in [-0.05, 0) is 25.7 Å². The Morgan fingerprint density at radius 2 is 1.94 bits per heavy atom. The highest BCUT2D eigenvalue weighted by Crippen LogP contribution is 2.39. The number of nitrogens with two attached hydrogens (primary N) is 1. The van der Waals surface area contributed by atoms with Crippen LogP contribution >= 0.6 is 0 Å². The maximum absolute atomic E-state index is 5.95. The highest BCUT2D eigenvalue weighted by Gasteiger charge is 2.27. The van der Waals surface area contributed by atoms with Crippen LogP contribution in [-0.4, -0.2) is 29.1 Å². The molecule has 4 nitrogen and oxygen atoms in total. The second kappa shape index (κ2) is 4.61. The van der Waals surface area contributed by atoms with E-state index in [1.54, 1.807) is 6.33 Å². The molecule has 1 saturated carbocycles. The number of hydrogen-bond acceptors (Lipinski definition) is 4. The zero-order valence-corrected chi connectivity index (χ0v) is 10.2. The molecule has 0 atom stereocenters. The molecule has 1 aromatic heterocycles. The van der Waals surface area contributed by atoms with Crippen molar-refractivity contribution in [1.82, 2.24) is 9.97 Å². The molecule has 2 fully saturated rings. The molecule has 1 aliphatic carbocycles. The molecule has 1 aliphatic heterocycles. The molecule has 2 N–H and O–H groups in total. The fraction of sp³-hybridized carbons (Fsp3) is 0.692. The van der Waals surface area contributed by atoms with E-state index < -0.39 is 0 Å². The summed E-state index contributed by atoms with van der Waals surface area (Å²) in [7, 11) is 0. The highest BCUT2D eigenvalue weighted by molar-refractivity contribution is 5.51. The Bertz CT molecular complexity index is 381. The summed E-state index contributed by atoms with van der Waals surface area (Å²) in [4.78, 5) is 11.1. The average Bonchev–Trinajstić information content (AvgIpc) is 2.29. The van der Waals surface area contributed by atoms with Crippen molar-refractivity contribution in [3.8, 4) is 0 Å². The summed E-state index contributed by atoms with van der Waals surface area (Å²) in [5.41, 5.74) is 8.47. The average molecular weight is 232 g/mol. The van der Waals surface area contributed by atoms with Crippen LogP contribution in [0.5, 0.6) is 0 Å². The summed E-state index contributed by atoms with van der Waals surface area (Å²) in [6.45, 7) is 2.10. The monoisotopic (exact) mass is 232 g/mol. The fourth-order valence-corrected chi connectivity index (χ4v) is 2.71. The van der Waals surface area contributed by atoms with E-state index in [0.717, 1.165) is 25.9 Å². The van der Waals surface area contributed by atoms with Crippen LogP contribution in [0.3, 0.4) is 0 Å². The van der Waals surface area contributed by atoms with Gasteiger partial charge in [0.2, 0.25) is 0 Å². The van der Waals surface area contributed by atoms with Crippen molar-refractivity contribution >= 4 is 5.69 Å². The van der Waals surface area contributed by atoms with Gasteiger partial charge in [0.05, 0.1) is 17.6 Å². The zero-order valence-electron chi connectivity index (χ0n) is 10.2. The maximum atomic E-state index is 5.95. The number of aromatic nitrogens is 2. The molecule has 0 aromatic carbocycles. The third-order valence-electron chi connectivity index (χ3n) is 4.09. The summed E-state index contributed by atoms with van der Waals surface area (Å²) in [6.07, 6.45) is 9.76. The Hall–Kier alpha value is -1.16. The normalized spacial score (nSPS) is 22.5. The van der Waals surface area contributed by atoms with Gasteiger partial charge in [-0.25, -0.2) is 9.97 Å². The summed E-state index contributed by atoms with van der Waals surface area (Å²) in [6, 6.07) is 0.378. The predicted octanol–water partition coefficient (Wildman–Crippen LogP) is 1.67. The minimum atomic E-state index is 0.378. The molecule has 17 heavy (non-hydrogen) atoms. The van der Waals surface area contributed by atoms with E-state index in [1.165, 1.54) is 30.6 Å². The SMILES string of the molecule is NC1CCN(c2cncnc2C2CCC2)CC1. The molecule has 2 heterocycles. The van der Waals surface area contributed by atoms with Crippen molar-refractivity contribution in [3.63, 3.8) is 0 Å². The first kappa shape index (κ1) is 11.0. The number of piperidine rings is 1. The maximum Gasteiger partial charge on any atom is 0.115 e. The van der Waals surface area contributed by atoms with Crippen LogP contribution in [0.1, 0.15) is 43.7 Å². The van der Waals surface area contributed by atoms with E-state index in [9.17, 15) is 0 Å². The predicted molar refractivity (Wildman–Crippen MR) is 68.0 cm³/mol. The Labute approximate surface area is 102 Å². The summed E-state index contributed by atoms with van der Waals surface area (Å²) < 4.78 is 0. The fourth-order valence-electron chi connectivity index (χ4n) is 2.71. The van der Waals surface area contributed by atoms with Gasteiger partial charge in [-0.1, -0.05) is 6.42 Å². The molecule has 1 saturated heterocycles. The van der Waals surface area contributed by atoms with Gasteiger partial charge in [-0.3, -0.25) is 0 Å². The molecule has 0 bridgehead atoms. The van der Waals surface area contributed by atoms with Crippen molar-refractivity contribution < 1.29 is 0 Å². The second-order valence-electron chi connectivity index (χ2n) is 5.25. The Kier molecular flexibility index (Phi) is 2.97. The lowest BCUT2D eigenvalue weighted by Gasteiger charge is -2.35. The molecule has 92 valence electrons. The number of rotatable bonds is 2. The lowest BCUT2D eigenvalue weighted by Crippen LogP contribution is -2.40. The van der Waals surface area contributed by atoms with Gasteiger partial charge in [0.25, 0.3) is 0 Å². The first-order valence-electron chi connectivity index (χ1n) is 6.65. The van der Waals surface area contributed by atoms with E-state index in [0.29, 0.717) is 12.0 Å². The number of hydrogen-bond donors (Lipinski definition) is 1. The van der Waals surface area contributed by atoms with Crippen LogP contribution in [0.4, 0.5) is 5.69 Å². The van der Waals surface area contributed by atoms with E-state index >= 15 is 0 Å². The van der Waals surface area contributed by atoms with Crippen LogP contribution in [0, 0.1) is 0 Å². The van der Waals surface area contributed by atoms with Crippen LogP contribution in [0.15, 0.2) is 12.5 Å². The minimum absolute atomic E-state index is 0.378. The summed E-state index contributed by atoms with van der Waals surface area (Å²) in [5, 5.41) is 0.